The molecule has 0 aliphatic heterocycles. The van der Waals surface area contributed by atoms with Gasteiger partial charge in [0.2, 0.25) is 0 Å². The minimum absolute atomic E-state index is 0.474. The highest BCUT2D eigenvalue weighted by Crippen LogP contribution is 2.25. The summed E-state index contributed by atoms with van der Waals surface area (Å²) < 4.78 is 12.5. The summed E-state index contributed by atoms with van der Waals surface area (Å²) in [5.74, 6) is 1.74. The van der Waals surface area contributed by atoms with Gasteiger partial charge in [0.1, 0.15) is 18.1 Å². The Morgan fingerprint density at radius 1 is 0.889 bits per heavy atom. The minimum Gasteiger partial charge on any atom is -0.496 e. The number of rotatable bonds is 8. The van der Waals surface area contributed by atoms with Crippen molar-refractivity contribution in [3.05, 3.63) is 92.9 Å². The topological polar surface area (TPSA) is 30.5 Å². The van der Waals surface area contributed by atoms with Crippen molar-refractivity contribution in [2.24, 2.45) is 0 Å². The zero-order chi connectivity index (χ0) is 19.1. The first-order valence-corrected chi connectivity index (χ1v) is 9.81. The van der Waals surface area contributed by atoms with Crippen molar-refractivity contribution >= 4 is 27.5 Å². The predicted molar refractivity (Wildman–Crippen MR) is 113 cm³/mol. The van der Waals surface area contributed by atoms with Crippen LogP contribution in [-0.2, 0) is 19.7 Å². The Labute approximate surface area is 173 Å². The van der Waals surface area contributed by atoms with Crippen LogP contribution in [0.25, 0.3) is 0 Å². The first kappa shape index (κ1) is 19.7. The molecule has 0 fully saturated rings. The molecule has 3 rings (SSSR count). The maximum atomic E-state index is 6.05. The highest BCUT2D eigenvalue weighted by Gasteiger charge is 2.07. The van der Waals surface area contributed by atoms with E-state index in [0.29, 0.717) is 24.7 Å². The average molecular weight is 447 g/mol. The predicted octanol–water partition coefficient (Wildman–Crippen LogP) is 5.98. The van der Waals surface area contributed by atoms with Crippen molar-refractivity contribution < 1.29 is 9.47 Å². The van der Waals surface area contributed by atoms with Crippen LogP contribution in [0.1, 0.15) is 16.7 Å². The lowest BCUT2D eigenvalue weighted by molar-refractivity contribution is 0.302. The van der Waals surface area contributed by atoms with E-state index in [9.17, 15) is 0 Å². The first-order chi connectivity index (χ1) is 13.2. The molecule has 3 aromatic carbocycles. The van der Waals surface area contributed by atoms with Crippen molar-refractivity contribution in [1.82, 2.24) is 5.32 Å². The van der Waals surface area contributed by atoms with Crippen LogP contribution in [0.2, 0.25) is 5.02 Å². The van der Waals surface area contributed by atoms with Gasteiger partial charge in [0, 0.05) is 33.7 Å². The van der Waals surface area contributed by atoms with Gasteiger partial charge in [-0.3, -0.25) is 0 Å². The molecule has 3 aromatic rings. The molecule has 5 heteroatoms. The van der Waals surface area contributed by atoms with Gasteiger partial charge in [0.15, 0.2) is 0 Å². The van der Waals surface area contributed by atoms with E-state index in [2.05, 4.69) is 33.4 Å². The summed E-state index contributed by atoms with van der Waals surface area (Å²) in [5.41, 5.74) is 3.25. The quantitative estimate of drug-likeness (QED) is 0.462. The second kappa shape index (κ2) is 9.79. The van der Waals surface area contributed by atoms with Gasteiger partial charge in [0.25, 0.3) is 0 Å². The summed E-state index contributed by atoms with van der Waals surface area (Å²) in [6.45, 7) is 1.87. The SMILES string of the molecule is COc1ccccc1CNCc1cc(Br)ccc1OCc1cccc(Cl)c1. The van der Waals surface area contributed by atoms with Crippen LogP contribution in [0, 0.1) is 0 Å². The van der Waals surface area contributed by atoms with Crippen molar-refractivity contribution in [2.75, 3.05) is 7.11 Å². The molecule has 0 atom stereocenters. The van der Waals surface area contributed by atoms with Gasteiger partial charge >= 0.3 is 0 Å². The van der Waals surface area contributed by atoms with E-state index < -0.39 is 0 Å². The molecule has 0 spiro atoms. The Balaban J connectivity index is 1.65. The van der Waals surface area contributed by atoms with Crippen LogP contribution in [0.15, 0.2) is 71.2 Å². The zero-order valence-electron chi connectivity index (χ0n) is 15.0. The van der Waals surface area contributed by atoms with E-state index >= 15 is 0 Å². The van der Waals surface area contributed by atoms with Crippen LogP contribution in [0.4, 0.5) is 0 Å². The normalized spacial score (nSPS) is 10.6. The molecule has 0 radical (unpaired) electrons. The molecule has 0 saturated carbocycles. The molecule has 3 nitrogen and oxygen atoms in total. The number of para-hydroxylation sites is 1. The van der Waals surface area contributed by atoms with Crippen LogP contribution in [-0.4, -0.2) is 7.11 Å². The second-order valence-electron chi connectivity index (χ2n) is 6.09. The van der Waals surface area contributed by atoms with Crippen molar-refractivity contribution in [3.63, 3.8) is 0 Å². The van der Waals surface area contributed by atoms with Gasteiger partial charge in [-0.05, 0) is 42.0 Å². The molecule has 0 aliphatic carbocycles. The molecule has 1 N–H and O–H groups in total. The fourth-order valence-electron chi connectivity index (χ4n) is 2.80. The van der Waals surface area contributed by atoms with E-state index in [1.54, 1.807) is 7.11 Å². The summed E-state index contributed by atoms with van der Waals surface area (Å²) in [4.78, 5) is 0. The number of hydrogen-bond acceptors (Lipinski definition) is 3. The summed E-state index contributed by atoms with van der Waals surface area (Å²) in [6, 6.07) is 21.8. The average Bonchev–Trinajstić information content (AvgIpc) is 2.68. The molecule has 0 bridgehead atoms. The van der Waals surface area contributed by atoms with Crippen molar-refractivity contribution in [3.8, 4) is 11.5 Å². The van der Waals surface area contributed by atoms with E-state index in [0.717, 1.165) is 32.7 Å². The summed E-state index contributed by atoms with van der Waals surface area (Å²) in [7, 11) is 1.69. The molecule has 0 unspecified atom stereocenters. The standard InChI is InChI=1S/C22H21BrClNO2/c1-26-21-8-3-2-6-17(21)13-25-14-18-12-19(23)9-10-22(18)27-15-16-5-4-7-20(24)11-16/h2-12,25H,13-15H2,1H3. The van der Waals surface area contributed by atoms with Crippen molar-refractivity contribution in [1.29, 1.82) is 0 Å². The third-order valence-electron chi connectivity index (χ3n) is 4.13. The number of benzene rings is 3. The highest BCUT2D eigenvalue weighted by molar-refractivity contribution is 9.10. The van der Waals surface area contributed by atoms with Crippen LogP contribution in [0.3, 0.4) is 0 Å². The van der Waals surface area contributed by atoms with Gasteiger partial charge in [-0.1, -0.05) is 57.9 Å². The number of hydrogen-bond donors (Lipinski definition) is 1. The Morgan fingerprint density at radius 2 is 1.70 bits per heavy atom. The lowest BCUT2D eigenvalue weighted by Gasteiger charge is -2.14. The lowest BCUT2D eigenvalue weighted by atomic mass is 10.1. The molecule has 0 aromatic heterocycles. The molecule has 140 valence electrons. The second-order valence-corrected chi connectivity index (χ2v) is 7.44. The van der Waals surface area contributed by atoms with Crippen LogP contribution in [0.5, 0.6) is 11.5 Å². The number of ether oxygens (including phenoxy) is 2. The van der Waals surface area contributed by atoms with Gasteiger partial charge in [-0.2, -0.15) is 0 Å². The summed E-state index contributed by atoms with van der Waals surface area (Å²) >= 11 is 9.59. The molecule has 0 amide bonds. The van der Waals surface area contributed by atoms with E-state index in [4.69, 9.17) is 21.1 Å². The molecule has 0 heterocycles. The van der Waals surface area contributed by atoms with E-state index in [1.165, 1.54) is 0 Å². The number of halogens is 2. The maximum Gasteiger partial charge on any atom is 0.124 e. The Kier molecular flexibility index (Phi) is 7.16. The van der Waals surface area contributed by atoms with E-state index in [1.807, 2.05) is 54.6 Å². The number of methoxy groups -OCH3 is 1. The Bertz CT molecular complexity index is 901. The fourth-order valence-corrected chi connectivity index (χ4v) is 3.42. The Hall–Kier alpha value is -2.01. The Morgan fingerprint density at radius 3 is 2.52 bits per heavy atom. The summed E-state index contributed by atoms with van der Waals surface area (Å²) in [5, 5.41) is 4.18. The zero-order valence-corrected chi connectivity index (χ0v) is 17.4. The molecule has 27 heavy (non-hydrogen) atoms. The monoisotopic (exact) mass is 445 g/mol. The summed E-state index contributed by atoms with van der Waals surface area (Å²) in [6.07, 6.45) is 0. The van der Waals surface area contributed by atoms with Gasteiger partial charge in [-0.25, -0.2) is 0 Å². The fraction of sp³-hybridized carbons (Fsp3) is 0.182. The minimum atomic E-state index is 0.474. The van der Waals surface area contributed by atoms with Crippen molar-refractivity contribution in [2.45, 2.75) is 19.7 Å². The molecule has 0 saturated heterocycles. The van der Waals surface area contributed by atoms with Gasteiger partial charge < -0.3 is 14.8 Å². The maximum absolute atomic E-state index is 6.05. The first-order valence-electron chi connectivity index (χ1n) is 8.64. The van der Waals surface area contributed by atoms with E-state index in [-0.39, 0.29) is 0 Å². The molecular weight excluding hydrogens is 426 g/mol. The molecule has 0 aliphatic rings. The third kappa shape index (κ3) is 5.73. The van der Waals surface area contributed by atoms with Crippen LogP contribution < -0.4 is 14.8 Å². The lowest BCUT2D eigenvalue weighted by Crippen LogP contribution is -2.14. The number of nitrogens with one attached hydrogen (secondary N) is 1. The van der Waals surface area contributed by atoms with Gasteiger partial charge in [0.05, 0.1) is 7.11 Å². The highest BCUT2D eigenvalue weighted by atomic mass is 79.9. The van der Waals surface area contributed by atoms with Crippen LogP contribution >= 0.6 is 27.5 Å². The third-order valence-corrected chi connectivity index (χ3v) is 4.86. The smallest absolute Gasteiger partial charge is 0.124 e. The van der Waals surface area contributed by atoms with Gasteiger partial charge in [-0.15, -0.1) is 0 Å². The molecular formula is C22H21BrClNO2. The largest absolute Gasteiger partial charge is 0.496 e.